The summed E-state index contributed by atoms with van der Waals surface area (Å²) < 4.78 is 0. The van der Waals surface area contributed by atoms with Crippen LogP contribution in [0.5, 0.6) is 0 Å². The topological polar surface area (TPSA) is 63.3 Å². The Morgan fingerprint density at radius 3 is 2.79 bits per heavy atom. The second-order valence-electron chi connectivity index (χ2n) is 3.14. The summed E-state index contributed by atoms with van der Waals surface area (Å²) in [6.07, 6.45) is 2.59. The zero-order chi connectivity index (χ0) is 10.6. The van der Waals surface area contributed by atoms with Gasteiger partial charge in [-0.05, 0) is 24.9 Å². The average molecular weight is 213 g/mol. The highest BCUT2D eigenvalue weighted by Gasteiger charge is 2.15. The fourth-order valence-electron chi connectivity index (χ4n) is 1.47. The number of nitrogens with two attached hydrogens (primary N) is 1. The quantitative estimate of drug-likeness (QED) is 0.785. The molecule has 0 bridgehead atoms. The van der Waals surface area contributed by atoms with Crippen LogP contribution in [0.25, 0.3) is 0 Å². The van der Waals surface area contributed by atoms with Crippen molar-refractivity contribution in [3.8, 4) is 0 Å². The van der Waals surface area contributed by atoms with E-state index in [4.69, 9.17) is 10.8 Å². The fraction of sp³-hybridized carbons (Fsp3) is 0.500. The Hall–Kier alpha value is -0.870. The lowest BCUT2D eigenvalue weighted by molar-refractivity contribution is 0.0696. The van der Waals surface area contributed by atoms with Crippen molar-refractivity contribution in [2.45, 2.75) is 26.2 Å². The van der Waals surface area contributed by atoms with Crippen molar-refractivity contribution in [3.63, 3.8) is 0 Å². The van der Waals surface area contributed by atoms with Crippen molar-refractivity contribution in [2.75, 3.05) is 6.54 Å². The molecule has 0 atom stereocenters. The first-order chi connectivity index (χ1) is 6.70. The van der Waals surface area contributed by atoms with Gasteiger partial charge in [0.1, 0.15) is 0 Å². The molecule has 3 nitrogen and oxygen atoms in total. The van der Waals surface area contributed by atoms with Gasteiger partial charge in [0.15, 0.2) is 0 Å². The lowest BCUT2D eigenvalue weighted by Gasteiger charge is -2.02. The van der Waals surface area contributed by atoms with E-state index in [0.29, 0.717) is 12.1 Å². The Morgan fingerprint density at radius 1 is 1.57 bits per heavy atom. The summed E-state index contributed by atoms with van der Waals surface area (Å²) in [5.41, 5.74) is 6.91. The molecule has 0 saturated heterocycles. The molecule has 0 aliphatic heterocycles. The van der Waals surface area contributed by atoms with Crippen molar-refractivity contribution >= 4 is 17.3 Å². The van der Waals surface area contributed by atoms with Crippen LogP contribution in [-0.2, 0) is 12.8 Å². The van der Waals surface area contributed by atoms with Crippen LogP contribution in [-0.4, -0.2) is 17.6 Å². The number of aromatic carboxylic acids is 1. The maximum Gasteiger partial charge on any atom is 0.336 e. The van der Waals surface area contributed by atoms with Crippen LogP contribution in [0, 0.1) is 0 Å². The van der Waals surface area contributed by atoms with Crippen LogP contribution in [0.15, 0.2) is 5.38 Å². The minimum atomic E-state index is -0.826. The molecular weight excluding hydrogens is 198 g/mol. The number of thiophene rings is 1. The zero-order valence-electron chi connectivity index (χ0n) is 8.25. The van der Waals surface area contributed by atoms with E-state index in [-0.39, 0.29) is 0 Å². The second kappa shape index (κ2) is 5.12. The molecule has 0 radical (unpaired) electrons. The normalized spacial score (nSPS) is 10.4. The number of carboxylic acids is 1. The summed E-state index contributed by atoms with van der Waals surface area (Å²) in [6, 6.07) is 0. The van der Waals surface area contributed by atoms with Gasteiger partial charge in [-0.25, -0.2) is 4.79 Å². The molecule has 0 aliphatic rings. The molecule has 0 unspecified atom stereocenters. The summed E-state index contributed by atoms with van der Waals surface area (Å²) >= 11 is 1.51. The molecule has 0 aliphatic carbocycles. The van der Waals surface area contributed by atoms with Gasteiger partial charge in [-0.3, -0.25) is 0 Å². The number of hydrogen-bond acceptors (Lipinski definition) is 3. The first kappa shape index (κ1) is 11.2. The Bertz CT molecular complexity index is 320. The van der Waals surface area contributed by atoms with E-state index in [1.165, 1.54) is 11.3 Å². The van der Waals surface area contributed by atoms with Crippen molar-refractivity contribution in [3.05, 3.63) is 21.4 Å². The van der Waals surface area contributed by atoms with E-state index in [0.717, 1.165) is 29.7 Å². The molecule has 1 rings (SSSR count). The largest absolute Gasteiger partial charge is 0.478 e. The minimum absolute atomic E-state index is 0.459. The van der Waals surface area contributed by atoms with Crippen LogP contribution < -0.4 is 5.73 Å². The van der Waals surface area contributed by atoms with E-state index in [1.807, 2.05) is 0 Å². The zero-order valence-corrected chi connectivity index (χ0v) is 9.06. The molecule has 0 spiro atoms. The first-order valence-electron chi connectivity index (χ1n) is 4.73. The monoisotopic (exact) mass is 213 g/mol. The summed E-state index contributed by atoms with van der Waals surface area (Å²) in [7, 11) is 0. The molecule has 0 aromatic carbocycles. The van der Waals surface area contributed by atoms with Crippen LogP contribution in [0.2, 0.25) is 0 Å². The summed E-state index contributed by atoms with van der Waals surface area (Å²) in [5, 5.41) is 10.7. The van der Waals surface area contributed by atoms with Crippen LogP contribution >= 0.6 is 11.3 Å². The number of carbonyl (C=O) groups is 1. The molecule has 78 valence electrons. The van der Waals surface area contributed by atoms with Gasteiger partial charge in [0.05, 0.1) is 5.56 Å². The molecule has 0 fully saturated rings. The van der Waals surface area contributed by atoms with Gasteiger partial charge >= 0.3 is 5.97 Å². The van der Waals surface area contributed by atoms with Crippen LogP contribution in [0.3, 0.4) is 0 Å². The Kier molecular flexibility index (Phi) is 4.10. The molecular formula is C10H15NO2S. The molecule has 4 heteroatoms. The molecule has 0 saturated carbocycles. The number of rotatable bonds is 5. The first-order valence-corrected chi connectivity index (χ1v) is 5.61. The molecule has 1 aromatic heterocycles. The standard InChI is InChI=1S/C10H15NO2S/c1-2-3-7-8(10(12)13)6-14-9(7)4-5-11/h6H,2-5,11H2,1H3,(H,12,13). The van der Waals surface area contributed by atoms with E-state index in [1.54, 1.807) is 5.38 Å². The van der Waals surface area contributed by atoms with E-state index in [2.05, 4.69) is 6.92 Å². The van der Waals surface area contributed by atoms with E-state index < -0.39 is 5.97 Å². The van der Waals surface area contributed by atoms with Gasteiger partial charge < -0.3 is 10.8 Å². The highest BCUT2D eigenvalue weighted by Crippen LogP contribution is 2.24. The van der Waals surface area contributed by atoms with Gasteiger partial charge in [-0.2, -0.15) is 0 Å². The van der Waals surface area contributed by atoms with Crippen LogP contribution in [0.1, 0.15) is 34.1 Å². The lowest BCUT2D eigenvalue weighted by Crippen LogP contribution is -2.05. The van der Waals surface area contributed by atoms with E-state index in [9.17, 15) is 4.79 Å². The molecule has 0 amide bonds. The Balaban J connectivity index is 3.00. The van der Waals surface area contributed by atoms with Gasteiger partial charge in [-0.15, -0.1) is 11.3 Å². The Labute approximate surface area is 87.6 Å². The highest BCUT2D eigenvalue weighted by atomic mass is 32.1. The van der Waals surface area contributed by atoms with Gasteiger partial charge in [0.2, 0.25) is 0 Å². The third kappa shape index (κ3) is 2.33. The maximum absolute atomic E-state index is 10.9. The summed E-state index contributed by atoms with van der Waals surface area (Å²) in [5.74, 6) is -0.826. The predicted octanol–water partition coefficient (Wildman–Crippen LogP) is 1.90. The Morgan fingerprint density at radius 2 is 2.29 bits per heavy atom. The van der Waals surface area contributed by atoms with Crippen molar-refractivity contribution in [1.29, 1.82) is 0 Å². The third-order valence-electron chi connectivity index (χ3n) is 2.08. The molecule has 14 heavy (non-hydrogen) atoms. The van der Waals surface area contributed by atoms with Crippen LogP contribution in [0.4, 0.5) is 0 Å². The highest BCUT2D eigenvalue weighted by molar-refractivity contribution is 7.10. The third-order valence-corrected chi connectivity index (χ3v) is 3.17. The second-order valence-corrected chi connectivity index (χ2v) is 4.11. The molecule has 1 heterocycles. The average Bonchev–Trinajstić information content (AvgIpc) is 2.50. The van der Waals surface area contributed by atoms with Gasteiger partial charge in [0.25, 0.3) is 0 Å². The van der Waals surface area contributed by atoms with Gasteiger partial charge in [0, 0.05) is 10.3 Å². The van der Waals surface area contributed by atoms with Crippen molar-refractivity contribution < 1.29 is 9.90 Å². The number of hydrogen-bond donors (Lipinski definition) is 2. The SMILES string of the molecule is CCCc1c(C(=O)O)csc1CCN. The van der Waals surface area contributed by atoms with Crippen molar-refractivity contribution in [1.82, 2.24) is 0 Å². The summed E-state index contributed by atoms with van der Waals surface area (Å²) in [6.45, 7) is 2.63. The maximum atomic E-state index is 10.9. The minimum Gasteiger partial charge on any atom is -0.478 e. The van der Waals surface area contributed by atoms with Crippen molar-refractivity contribution in [2.24, 2.45) is 5.73 Å². The molecule has 1 aromatic rings. The predicted molar refractivity (Wildman–Crippen MR) is 58.0 cm³/mol. The smallest absolute Gasteiger partial charge is 0.336 e. The lowest BCUT2D eigenvalue weighted by atomic mass is 10.0. The summed E-state index contributed by atoms with van der Waals surface area (Å²) in [4.78, 5) is 12.0. The number of carboxylic acid groups (broad SMARTS) is 1. The fourth-order valence-corrected chi connectivity index (χ4v) is 2.56. The van der Waals surface area contributed by atoms with Gasteiger partial charge in [-0.1, -0.05) is 13.3 Å². The molecule has 3 N–H and O–H groups in total. The van der Waals surface area contributed by atoms with E-state index >= 15 is 0 Å².